The van der Waals surface area contributed by atoms with Crippen molar-refractivity contribution in [3.63, 3.8) is 0 Å². The molecule has 0 radical (unpaired) electrons. The topological polar surface area (TPSA) is 58.6 Å². The molecule has 0 heterocycles. The molecule has 0 aliphatic heterocycles. The predicted molar refractivity (Wildman–Crippen MR) is 71.1 cm³/mol. The minimum absolute atomic E-state index is 0.0973. The van der Waals surface area contributed by atoms with Gasteiger partial charge in [0.2, 0.25) is 0 Å². The van der Waals surface area contributed by atoms with Crippen LogP contribution in [0.2, 0.25) is 0 Å². The van der Waals surface area contributed by atoms with E-state index < -0.39 is 11.5 Å². The van der Waals surface area contributed by atoms with Crippen LogP contribution in [0.5, 0.6) is 5.75 Å². The second kappa shape index (κ2) is 5.87. The lowest BCUT2D eigenvalue weighted by atomic mass is 10.0. The highest BCUT2D eigenvalue weighted by Gasteiger charge is 2.33. The molecule has 0 saturated carbocycles. The number of hydrogen-bond acceptors (Lipinski definition) is 3. The Kier molecular flexibility index (Phi) is 4.73. The van der Waals surface area contributed by atoms with E-state index in [1.165, 1.54) is 0 Å². The molecule has 100 valence electrons. The highest BCUT2D eigenvalue weighted by atomic mass is 16.5. The van der Waals surface area contributed by atoms with E-state index in [1.54, 1.807) is 6.92 Å². The Morgan fingerprint density at radius 2 is 2.11 bits per heavy atom. The number of aryl methyl sites for hydroxylation is 2. The van der Waals surface area contributed by atoms with Gasteiger partial charge in [-0.3, -0.25) is 10.1 Å². The zero-order valence-corrected chi connectivity index (χ0v) is 11.4. The zero-order valence-electron chi connectivity index (χ0n) is 11.4. The van der Waals surface area contributed by atoms with Crippen molar-refractivity contribution in [3.05, 3.63) is 29.3 Å². The molecule has 0 aliphatic rings. The van der Waals surface area contributed by atoms with E-state index in [2.05, 4.69) is 5.32 Å². The Labute approximate surface area is 108 Å². The molecule has 0 bridgehead atoms. The van der Waals surface area contributed by atoms with E-state index in [1.807, 2.05) is 39.0 Å². The predicted octanol–water partition coefficient (Wildman–Crippen LogP) is 2.14. The molecule has 18 heavy (non-hydrogen) atoms. The average Bonchev–Trinajstić information content (AvgIpc) is 2.28. The first-order chi connectivity index (χ1) is 8.39. The molecular formula is C14H21NO3. The molecule has 1 atom stereocenters. The third kappa shape index (κ3) is 3.47. The van der Waals surface area contributed by atoms with Crippen LogP contribution in [0, 0.1) is 13.8 Å². The maximum atomic E-state index is 11.2. The minimum Gasteiger partial charge on any atom is -0.491 e. The number of carboxylic acid groups (broad SMARTS) is 1. The molecular weight excluding hydrogens is 230 g/mol. The smallest absolute Gasteiger partial charge is 0.327 e. The van der Waals surface area contributed by atoms with Gasteiger partial charge in [0.05, 0.1) is 0 Å². The Morgan fingerprint density at radius 1 is 1.44 bits per heavy atom. The fourth-order valence-electron chi connectivity index (χ4n) is 1.76. The van der Waals surface area contributed by atoms with Crippen LogP contribution in [0.15, 0.2) is 18.2 Å². The summed E-state index contributed by atoms with van der Waals surface area (Å²) in [7, 11) is 0. The Hall–Kier alpha value is -1.55. The average molecular weight is 251 g/mol. The number of benzene rings is 1. The first kappa shape index (κ1) is 14.5. The van der Waals surface area contributed by atoms with Gasteiger partial charge in [0.1, 0.15) is 17.9 Å². The number of hydrogen-bond donors (Lipinski definition) is 2. The number of rotatable bonds is 6. The SMILES string of the molecule is CCNC(C)(COc1ccc(C)cc1C)C(=O)O. The van der Waals surface area contributed by atoms with Gasteiger partial charge in [-0.1, -0.05) is 24.6 Å². The van der Waals surface area contributed by atoms with Crippen LogP contribution >= 0.6 is 0 Å². The van der Waals surface area contributed by atoms with Gasteiger partial charge in [-0.2, -0.15) is 0 Å². The van der Waals surface area contributed by atoms with Crippen molar-refractivity contribution < 1.29 is 14.6 Å². The van der Waals surface area contributed by atoms with Gasteiger partial charge >= 0.3 is 5.97 Å². The summed E-state index contributed by atoms with van der Waals surface area (Å²) in [5.74, 6) is -0.180. The Bertz CT molecular complexity index is 431. The van der Waals surface area contributed by atoms with Crippen LogP contribution in [0.4, 0.5) is 0 Å². The molecule has 2 N–H and O–H groups in total. The lowest BCUT2D eigenvalue weighted by molar-refractivity contribution is -0.145. The van der Waals surface area contributed by atoms with E-state index >= 15 is 0 Å². The Balaban J connectivity index is 2.76. The second-order valence-corrected chi connectivity index (χ2v) is 4.73. The summed E-state index contributed by atoms with van der Waals surface area (Å²) in [6.45, 7) is 8.14. The van der Waals surface area contributed by atoms with Crippen molar-refractivity contribution >= 4 is 5.97 Å². The molecule has 4 heteroatoms. The highest BCUT2D eigenvalue weighted by Crippen LogP contribution is 2.20. The number of likely N-dealkylation sites (N-methyl/N-ethyl adjacent to an activating group) is 1. The number of aliphatic carboxylic acids is 1. The lowest BCUT2D eigenvalue weighted by Crippen LogP contribution is -2.53. The summed E-state index contributed by atoms with van der Waals surface area (Å²) in [6.07, 6.45) is 0. The van der Waals surface area contributed by atoms with Gasteiger partial charge in [-0.05, 0) is 38.9 Å². The lowest BCUT2D eigenvalue weighted by Gasteiger charge is -2.26. The summed E-state index contributed by atoms with van der Waals surface area (Å²) in [5.41, 5.74) is 1.11. The molecule has 0 aliphatic carbocycles. The van der Waals surface area contributed by atoms with Crippen LogP contribution in [-0.2, 0) is 4.79 Å². The van der Waals surface area contributed by atoms with Gasteiger partial charge in [0, 0.05) is 0 Å². The summed E-state index contributed by atoms with van der Waals surface area (Å²) in [5, 5.41) is 12.1. The summed E-state index contributed by atoms with van der Waals surface area (Å²) in [4.78, 5) is 11.2. The molecule has 0 fully saturated rings. The molecule has 1 unspecified atom stereocenters. The van der Waals surface area contributed by atoms with Gasteiger partial charge in [0.25, 0.3) is 0 Å². The van der Waals surface area contributed by atoms with E-state index in [0.717, 1.165) is 16.9 Å². The van der Waals surface area contributed by atoms with Crippen molar-refractivity contribution in [3.8, 4) is 5.75 Å². The van der Waals surface area contributed by atoms with E-state index in [0.29, 0.717) is 6.54 Å². The van der Waals surface area contributed by atoms with Gasteiger partial charge in [-0.15, -0.1) is 0 Å². The van der Waals surface area contributed by atoms with Crippen molar-refractivity contribution in [1.29, 1.82) is 0 Å². The molecule has 0 amide bonds. The highest BCUT2D eigenvalue weighted by molar-refractivity contribution is 5.78. The quantitative estimate of drug-likeness (QED) is 0.813. The van der Waals surface area contributed by atoms with Crippen molar-refractivity contribution in [1.82, 2.24) is 5.32 Å². The van der Waals surface area contributed by atoms with Crippen LogP contribution in [-0.4, -0.2) is 29.8 Å². The second-order valence-electron chi connectivity index (χ2n) is 4.73. The van der Waals surface area contributed by atoms with Gasteiger partial charge in [0.15, 0.2) is 0 Å². The molecule has 1 rings (SSSR count). The zero-order chi connectivity index (χ0) is 13.8. The largest absolute Gasteiger partial charge is 0.491 e. The fraction of sp³-hybridized carbons (Fsp3) is 0.500. The normalized spacial score (nSPS) is 14.0. The molecule has 0 spiro atoms. The maximum absolute atomic E-state index is 11.2. The Morgan fingerprint density at radius 3 is 2.61 bits per heavy atom. The standard InChI is InChI=1S/C14H21NO3/c1-5-15-14(4,13(16)17)9-18-12-7-6-10(2)8-11(12)3/h6-8,15H,5,9H2,1-4H3,(H,16,17). The molecule has 4 nitrogen and oxygen atoms in total. The fourth-order valence-corrected chi connectivity index (χ4v) is 1.76. The first-order valence-electron chi connectivity index (χ1n) is 6.07. The van der Waals surface area contributed by atoms with E-state index in [9.17, 15) is 9.90 Å². The minimum atomic E-state index is -1.06. The first-order valence-corrected chi connectivity index (χ1v) is 6.07. The monoisotopic (exact) mass is 251 g/mol. The van der Waals surface area contributed by atoms with Crippen molar-refractivity contribution in [2.75, 3.05) is 13.2 Å². The van der Waals surface area contributed by atoms with Gasteiger partial charge in [-0.25, -0.2) is 0 Å². The van der Waals surface area contributed by atoms with Crippen LogP contribution in [0.1, 0.15) is 25.0 Å². The van der Waals surface area contributed by atoms with Crippen LogP contribution < -0.4 is 10.1 Å². The van der Waals surface area contributed by atoms with Crippen molar-refractivity contribution in [2.45, 2.75) is 33.2 Å². The molecule has 1 aromatic rings. The van der Waals surface area contributed by atoms with Gasteiger partial charge < -0.3 is 9.84 Å². The molecule has 0 saturated heterocycles. The number of carboxylic acids is 1. The number of ether oxygens (including phenoxy) is 1. The third-order valence-electron chi connectivity index (χ3n) is 2.89. The van der Waals surface area contributed by atoms with Crippen LogP contribution in [0.25, 0.3) is 0 Å². The summed E-state index contributed by atoms with van der Waals surface area (Å²) >= 11 is 0. The number of carbonyl (C=O) groups is 1. The van der Waals surface area contributed by atoms with Crippen LogP contribution in [0.3, 0.4) is 0 Å². The molecule has 1 aromatic carbocycles. The van der Waals surface area contributed by atoms with E-state index in [-0.39, 0.29) is 6.61 Å². The summed E-state index contributed by atoms with van der Waals surface area (Å²) < 4.78 is 5.63. The molecule has 0 aromatic heterocycles. The number of nitrogens with one attached hydrogen (secondary N) is 1. The maximum Gasteiger partial charge on any atom is 0.327 e. The summed E-state index contributed by atoms with van der Waals surface area (Å²) in [6, 6.07) is 5.84. The third-order valence-corrected chi connectivity index (χ3v) is 2.89. The van der Waals surface area contributed by atoms with E-state index in [4.69, 9.17) is 4.74 Å². The van der Waals surface area contributed by atoms with Crippen molar-refractivity contribution in [2.24, 2.45) is 0 Å².